The molecular formula is C24H26N2O5S. The number of anilines is 1. The minimum atomic E-state index is -0.500. The van der Waals surface area contributed by atoms with Crippen molar-refractivity contribution in [2.75, 3.05) is 18.5 Å². The second kappa shape index (κ2) is 10.4. The molecule has 3 amide bonds. The Morgan fingerprint density at radius 2 is 1.84 bits per heavy atom. The number of carbonyl (C=O) groups excluding carboxylic acids is 3. The predicted molar refractivity (Wildman–Crippen MR) is 126 cm³/mol. The van der Waals surface area contributed by atoms with Gasteiger partial charge in [0.2, 0.25) is 5.91 Å². The molecule has 32 heavy (non-hydrogen) atoms. The van der Waals surface area contributed by atoms with E-state index in [-0.39, 0.29) is 17.6 Å². The molecule has 0 aromatic heterocycles. The number of aryl methyl sites for hydroxylation is 1. The van der Waals surface area contributed by atoms with E-state index < -0.39 is 17.1 Å². The van der Waals surface area contributed by atoms with Crippen LogP contribution in [0.2, 0.25) is 0 Å². The zero-order valence-electron chi connectivity index (χ0n) is 18.5. The molecule has 2 aromatic rings. The molecule has 1 aliphatic heterocycles. The van der Waals surface area contributed by atoms with Crippen LogP contribution in [-0.4, -0.2) is 41.2 Å². The van der Waals surface area contributed by atoms with Crippen LogP contribution in [0.3, 0.4) is 0 Å². The summed E-state index contributed by atoms with van der Waals surface area (Å²) in [6.45, 7) is 7.79. The van der Waals surface area contributed by atoms with Crippen LogP contribution in [0.1, 0.15) is 31.9 Å². The number of amides is 3. The molecule has 0 aliphatic carbocycles. The van der Waals surface area contributed by atoms with Crippen molar-refractivity contribution in [1.82, 2.24) is 4.90 Å². The van der Waals surface area contributed by atoms with Crippen molar-refractivity contribution in [3.63, 3.8) is 0 Å². The third-order valence-electron chi connectivity index (χ3n) is 4.44. The van der Waals surface area contributed by atoms with Gasteiger partial charge in [-0.2, -0.15) is 0 Å². The topological polar surface area (TPSA) is 84.9 Å². The quantitative estimate of drug-likeness (QED) is 0.574. The largest absolute Gasteiger partial charge is 0.490 e. The van der Waals surface area contributed by atoms with Crippen LogP contribution in [-0.2, 0) is 9.59 Å². The van der Waals surface area contributed by atoms with E-state index in [1.165, 1.54) is 0 Å². The van der Waals surface area contributed by atoms with E-state index in [9.17, 15) is 14.4 Å². The Balaban J connectivity index is 1.72. The molecule has 0 atom stereocenters. The van der Waals surface area contributed by atoms with Crippen molar-refractivity contribution in [3.8, 4) is 11.5 Å². The van der Waals surface area contributed by atoms with E-state index in [0.717, 1.165) is 22.2 Å². The lowest BCUT2D eigenvalue weighted by Gasteiger charge is -2.15. The molecule has 1 saturated heterocycles. The Morgan fingerprint density at radius 1 is 1.12 bits per heavy atom. The molecular weight excluding hydrogens is 428 g/mol. The molecule has 0 bridgehead atoms. The number of ether oxygens (including phenoxy) is 2. The first kappa shape index (κ1) is 23.4. The van der Waals surface area contributed by atoms with Gasteiger partial charge < -0.3 is 14.8 Å². The summed E-state index contributed by atoms with van der Waals surface area (Å²) < 4.78 is 11.4. The molecule has 7 nitrogen and oxygen atoms in total. The highest BCUT2D eigenvalue weighted by Gasteiger charge is 2.36. The van der Waals surface area contributed by atoms with Crippen molar-refractivity contribution in [1.29, 1.82) is 0 Å². The maximum atomic E-state index is 12.8. The summed E-state index contributed by atoms with van der Waals surface area (Å²) in [6, 6.07) is 12.6. The zero-order valence-corrected chi connectivity index (χ0v) is 19.3. The number of benzene rings is 2. The second-order valence-electron chi connectivity index (χ2n) is 7.49. The number of hydrogen-bond acceptors (Lipinski definition) is 6. The van der Waals surface area contributed by atoms with Gasteiger partial charge >= 0.3 is 0 Å². The Bertz CT molecular complexity index is 1050. The number of nitrogens with zero attached hydrogens (tertiary/aromatic N) is 1. The molecule has 0 radical (unpaired) electrons. The summed E-state index contributed by atoms with van der Waals surface area (Å²) in [5, 5.41) is 2.22. The molecule has 0 saturated carbocycles. The van der Waals surface area contributed by atoms with E-state index in [0.29, 0.717) is 29.4 Å². The molecule has 0 spiro atoms. The monoisotopic (exact) mass is 454 g/mol. The van der Waals surface area contributed by atoms with Crippen LogP contribution < -0.4 is 14.8 Å². The number of thioether (sulfide) groups is 1. The SMILES string of the molecule is CCOc1cc(/C=C2/SC(=O)N(CC(=O)Nc3ccc(C)cc3)C2=O)ccc1OC(C)C. The van der Waals surface area contributed by atoms with E-state index in [1.807, 2.05) is 39.8 Å². The fraction of sp³-hybridized carbons (Fsp3) is 0.292. The second-order valence-corrected chi connectivity index (χ2v) is 8.48. The molecule has 1 heterocycles. The summed E-state index contributed by atoms with van der Waals surface area (Å²) in [6.07, 6.45) is 1.60. The van der Waals surface area contributed by atoms with Crippen LogP contribution in [0.5, 0.6) is 11.5 Å². The van der Waals surface area contributed by atoms with Crippen molar-refractivity contribution in [2.45, 2.75) is 33.8 Å². The normalized spacial score (nSPS) is 14.9. The lowest BCUT2D eigenvalue weighted by atomic mass is 10.1. The van der Waals surface area contributed by atoms with Gasteiger partial charge in [0.05, 0.1) is 17.6 Å². The Hall–Kier alpha value is -3.26. The first-order valence-corrected chi connectivity index (χ1v) is 11.1. The predicted octanol–water partition coefficient (Wildman–Crippen LogP) is 4.86. The third-order valence-corrected chi connectivity index (χ3v) is 5.35. The third kappa shape index (κ3) is 5.91. The van der Waals surface area contributed by atoms with Gasteiger partial charge in [0, 0.05) is 5.69 Å². The van der Waals surface area contributed by atoms with Gasteiger partial charge in [-0.15, -0.1) is 0 Å². The molecule has 8 heteroatoms. The molecule has 0 unspecified atom stereocenters. The van der Waals surface area contributed by atoms with Crippen molar-refractivity contribution in [3.05, 3.63) is 58.5 Å². The first-order chi connectivity index (χ1) is 15.3. The Kier molecular flexibility index (Phi) is 7.58. The highest BCUT2D eigenvalue weighted by molar-refractivity contribution is 8.18. The summed E-state index contributed by atoms with van der Waals surface area (Å²) in [5.74, 6) is 0.234. The molecule has 2 aromatic carbocycles. The minimum absolute atomic E-state index is 0.0115. The summed E-state index contributed by atoms with van der Waals surface area (Å²) in [4.78, 5) is 38.6. The number of hydrogen-bond donors (Lipinski definition) is 1. The number of rotatable bonds is 8. The van der Waals surface area contributed by atoms with E-state index in [1.54, 1.807) is 36.4 Å². The standard InChI is InChI=1S/C24H26N2O5S/c1-5-30-20-12-17(8-11-19(20)31-15(2)3)13-21-23(28)26(24(29)32-21)14-22(27)25-18-9-6-16(4)7-10-18/h6-13,15H,5,14H2,1-4H3,(H,25,27)/b21-13+. The molecule has 1 N–H and O–H groups in total. The van der Waals surface area contributed by atoms with Crippen LogP contribution in [0, 0.1) is 6.92 Å². The lowest BCUT2D eigenvalue weighted by molar-refractivity contribution is -0.127. The number of imide groups is 1. The van der Waals surface area contributed by atoms with Crippen molar-refractivity contribution < 1.29 is 23.9 Å². The van der Waals surface area contributed by atoms with Crippen molar-refractivity contribution in [2.24, 2.45) is 0 Å². The summed E-state index contributed by atoms with van der Waals surface area (Å²) in [5.41, 5.74) is 2.37. The van der Waals surface area contributed by atoms with Crippen LogP contribution in [0.4, 0.5) is 10.5 Å². The van der Waals surface area contributed by atoms with Crippen LogP contribution >= 0.6 is 11.8 Å². The molecule has 168 valence electrons. The maximum Gasteiger partial charge on any atom is 0.294 e. The van der Waals surface area contributed by atoms with Gasteiger partial charge in [-0.1, -0.05) is 23.8 Å². The molecule has 3 rings (SSSR count). The summed E-state index contributed by atoms with van der Waals surface area (Å²) >= 11 is 0.807. The highest BCUT2D eigenvalue weighted by atomic mass is 32.2. The molecule has 1 fully saturated rings. The van der Waals surface area contributed by atoms with Gasteiger partial charge in [0.1, 0.15) is 6.54 Å². The highest BCUT2D eigenvalue weighted by Crippen LogP contribution is 2.35. The van der Waals surface area contributed by atoms with Gasteiger partial charge in [-0.25, -0.2) is 0 Å². The fourth-order valence-electron chi connectivity index (χ4n) is 3.00. The first-order valence-electron chi connectivity index (χ1n) is 10.3. The van der Waals surface area contributed by atoms with Gasteiger partial charge in [0.15, 0.2) is 11.5 Å². The van der Waals surface area contributed by atoms with Crippen LogP contribution in [0.25, 0.3) is 6.08 Å². The average molecular weight is 455 g/mol. The smallest absolute Gasteiger partial charge is 0.294 e. The Morgan fingerprint density at radius 3 is 2.50 bits per heavy atom. The fourth-order valence-corrected chi connectivity index (χ4v) is 3.84. The Labute approximate surface area is 191 Å². The average Bonchev–Trinajstić information content (AvgIpc) is 2.99. The maximum absolute atomic E-state index is 12.8. The van der Waals surface area contributed by atoms with E-state index >= 15 is 0 Å². The summed E-state index contributed by atoms with van der Waals surface area (Å²) in [7, 11) is 0. The minimum Gasteiger partial charge on any atom is -0.490 e. The van der Waals surface area contributed by atoms with Gasteiger partial charge in [0.25, 0.3) is 11.1 Å². The van der Waals surface area contributed by atoms with Crippen molar-refractivity contribution >= 4 is 40.6 Å². The van der Waals surface area contributed by atoms with E-state index in [2.05, 4.69) is 5.32 Å². The number of carbonyl (C=O) groups is 3. The number of nitrogens with one attached hydrogen (secondary N) is 1. The van der Waals surface area contributed by atoms with Gasteiger partial charge in [-0.3, -0.25) is 19.3 Å². The van der Waals surface area contributed by atoms with E-state index in [4.69, 9.17) is 9.47 Å². The van der Waals surface area contributed by atoms with Gasteiger partial charge in [-0.05, 0) is 75.4 Å². The van der Waals surface area contributed by atoms with Crippen LogP contribution in [0.15, 0.2) is 47.4 Å². The zero-order chi connectivity index (χ0) is 23.3. The lowest BCUT2D eigenvalue weighted by Crippen LogP contribution is -2.36. The molecule has 1 aliphatic rings.